The first-order valence-electron chi connectivity index (χ1n) is 8.09. The molecule has 1 fully saturated rings. The Morgan fingerprint density at radius 1 is 1.08 bits per heavy atom. The summed E-state index contributed by atoms with van der Waals surface area (Å²) in [6, 6.07) is 3.66. The molecule has 7 nitrogen and oxygen atoms in total. The smallest absolute Gasteiger partial charge is 0.227 e. The first kappa shape index (κ1) is 16.6. The third-order valence-corrected chi connectivity index (χ3v) is 4.52. The summed E-state index contributed by atoms with van der Waals surface area (Å²) in [4.78, 5) is 11.4. The highest BCUT2D eigenvalue weighted by Crippen LogP contribution is 2.34. The molecular formula is C17H24N4O3. The van der Waals surface area contributed by atoms with Crippen LogP contribution in [0.15, 0.2) is 12.1 Å². The van der Waals surface area contributed by atoms with Crippen LogP contribution in [-0.2, 0) is 4.74 Å². The quantitative estimate of drug-likeness (QED) is 0.897. The molecule has 24 heavy (non-hydrogen) atoms. The van der Waals surface area contributed by atoms with Crippen molar-refractivity contribution in [2.45, 2.75) is 12.8 Å². The Morgan fingerprint density at radius 3 is 2.38 bits per heavy atom. The second-order valence-electron chi connectivity index (χ2n) is 6.02. The van der Waals surface area contributed by atoms with Crippen molar-refractivity contribution in [2.24, 2.45) is 5.92 Å². The summed E-state index contributed by atoms with van der Waals surface area (Å²) in [6.07, 6.45) is 2.14. The van der Waals surface area contributed by atoms with Crippen LogP contribution in [0.1, 0.15) is 12.8 Å². The van der Waals surface area contributed by atoms with Crippen molar-refractivity contribution < 1.29 is 14.2 Å². The van der Waals surface area contributed by atoms with E-state index >= 15 is 0 Å². The SMILES string of the molecule is COCC1CCN(c2nc(N)c3cc(OC)c(OC)cc3n2)CC1. The van der Waals surface area contributed by atoms with Crippen molar-refractivity contribution >= 4 is 22.7 Å². The molecule has 1 aromatic carbocycles. The number of fused-ring (bicyclic) bond motifs is 1. The lowest BCUT2D eigenvalue weighted by atomic mass is 9.98. The molecular weight excluding hydrogens is 308 g/mol. The number of piperidine rings is 1. The molecule has 0 atom stereocenters. The van der Waals surface area contributed by atoms with Crippen LogP contribution in [0.25, 0.3) is 10.9 Å². The summed E-state index contributed by atoms with van der Waals surface area (Å²) >= 11 is 0. The number of anilines is 2. The standard InChI is InChI=1S/C17H24N4O3/c1-22-10-11-4-6-21(7-5-11)17-19-13-9-15(24-3)14(23-2)8-12(13)16(18)20-17/h8-9,11H,4-7,10H2,1-3H3,(H2,18,19,20). The van der Waals surface area contributed by atoms with Gasteiger partial charge in [0.2, 0.25) is 5.95 Å². The van der Waals surface area contributed by atoms with Crippen LogP contribution in [0.3, 0.4) is 0 Å². The number of benzene rings is 1. The average molecular weight is 332 g/mol. The predicted molar refractivity (Wildman–Crippen MR) is 93.9 cm³/mol. The number of nitrogen functional groups attached to an aromatic ring is 1. The minimum atomic E-state index is 0.454. The molecule has 1 saturated heterocycles. The largest absolute Gasteiger partial charge is 0.493 e. The van der Waals surface area contributed by atoms with Crippen molar-refractivity contribution in [2.75, 3.05) is 51.7 Å². The molecule has 0 spiro atoms. The van der Waals surface area contributed by atoms with E-state index < -0.39 is 0 Å². The van der Waals surface area contributed by atoms with E-state index in [0.717, 1.165) is 43.4 Å². The lowest BCUT2D eigenvalue weighted by Crippen LogP contribution is -2.36. The fourth-order valence-corrected chi connectivity index (χ4v) is 3.14. The maximum absolute atomic E-state index is 6.16. The third-order valence-electron chi connectivity index (χ3n) is 4.52. The predicted octanol–water partition coefficient (Wildman–Crippen LogP) is 2.09. The van der Waals surface area contributed by atoms with Gasteiger partial charge in [0.1, 0.15) is 5.82 Å². The summed E-state index contributed by atoms with van der Waals surface area (Å²) in [5.41, 5.74) is 6.92. The van der Waals surface area contributed by atoms with Gasteiger partial charge in [-0.25, -0.2) is 4.98 Å². The Balaban J connectivity index is 1.90. The second-order valence-corrected chi connectivity index (χ2v) is 6.02. The van der Waals surface area contributed by atoms with Gasteiger partial charge in [-0.1, -0.05) is 0 Å². The number of hydrogen-bond acceptors (Lipinski definition) is 7. The van der Waals surface area contributed by atoms with Crippen molar-refractivity contribution in [1.82, 2.24) is 9.97 Å². The van der Waals surface area contributed by atoms with Gasteiger partial charge in [0.15, 0.2) is 11.5 Å². The van der Waals surface area contributed by atoms with Gasteiger partial charge in [0.25, 0.3) is 0 Å². The highest BCUT2D eigenvalue weighted by molar-refractivity contribution is 5.91. The number of hydrogen-bond donors (Lipinski definition) is 1. The number of nitrogens with two attached hydrogens (primary N) is 1. The molecule has 7 heteroatoms. The Labute approximate surface area is 141 Å². The monoisotopic (exact) mass is 332 g/mol. The van der Waals surface area contributed by atoms with Crippen molar-refractivity contribution in [1.29, 1.82) is 0 Å². The van der Waals surface area contributed by atoms with Crippen LogP contribution in [0.4, 0.5) is 11.8 Å². The van der Waals surface area contributed by atoms with Gasteiger partial charge in [-0.2, -0.15) is 4.98 Å². The fourth-order valence-electron chi connectivity index (χ4n) is 3.14. The van der Waals surface area contributed by atoms with Crippen molar-refractivity contribution in [3.8, 4) is 11.5 Å². The zero-order valence-corrected chi connectivity index (χ0v) is 14.4. The number of nitrogens with zero attached hydrogens (tertiary/aromatic N) is 3. The number of methoxy groups -OCH3 is 3. The van der Waals surface area contributed by atoms with Gasteiger partial charge in [-0.3, -0.25) is 0 Å². The molecule has 0 bridgehead atoms. The topological polar surface area (TPSA) is 82.7 Å². The Kier molecular flexibility index (Phi) is 4.89. The Hall–Kier alpha value is -2.28. The molecule has 2 aromatic rings. The summed E-state index contributed by atoms with van der Waals surface area (Å²) < 4.78 is 15.9. The molecule has 130 valence electrons. The lowest BCUT2D eigenvalue weighted by Gasteiger charge is -2.31. The van der Waals surface area contributed by atoms with Gasteiger partial charge in [-0.05, 0) is 24.8 Å². The Morgan fingerprint density at radius 2 is 1.75 bits per heavy atom. The minimum Gasteiger partial charge on any atom is -0.493 e. The number of rotatable bonds is 5. The fraction of sp³-hybridized carbons (Fsp3) is 0.529. The van der Waals surface area contributed by atoms with Crippen LogP contribution >= 0.6 is 0 Å². The molecule has 0 aliphatic carbocycles. The van der Waals surface area contributed by atoms with Gasteiger partial charge in [0.05, 0.1) is 19.7 Å². The van der Waals surface area contributed by atoms with Crippen LogP contribution in [0.2, 0.25) is 0 Å². The van der Waals surface area contributed by atoms with Crippen LogP contribution < -0.4 is 20.1 Å². The van der Waals surface area contributed by atoms with E-state index in [-0.39, 0.29) is 0 Å². The maximum Gasteiger partial charge on any atom is 0.227 e. The molecule has 1 aromatic heterocycles. The number of ether oxygens (including phenoxy) is 3. The first-order valence-corrected chi connectivity index (χ1v) is 8.09. The molecule has 2 heterocycles. The molecule has 0 radical (unpaired) electrons. The third kappa shape index (κ3) is 3.17. The first-order chi connectivity index (χ1) is 11.7. The van der Waals surface area contributed by atoms with Crippen molar-refractivity contribution in [3.63, 3.8) is 0 Å². The zero-order valence-electron chi connectivity index (χ0n) is 14.4. The summed E-state index contributed by atoms with van der Waals surface area (Å²) in [5.74, 6) is 2.98. The van der Waals surface area contributed by atoms with Crippen LogP contribution in [-0.4, -0.2) is 51.0 Å². The van der Waals surface area contributed by atoms with Crippen LogP contribution in [0.5, 0.6) is 11.5 Å². The average Bonchev–Trinajstić information content (AvgIpc) is 2.61. The van der Waals surface area contributed by atoms with Gasteiger partial charge in [-0.15, -0.1) is 0 Å². The molecule has 0 amide bonds. The zero-order chi connectivity index (χ0) is 17.1. The van der Waals surface area contributed by atoms with E-state index in [1.165, 1.54) is 0 Å². The maximum atomic E-state index is 6.16. The lowest BCUT2D eigenvalue weighted by molar-refractivity contribution is 0.139. The van der Waals surface area contributed by atoms with E-state index in [1.54, 1.807) is 21.3 Å². The van der Waals surface area contributed by atoms with Gasteiger partial charge in [0, 0.05) is 38.3 Å². The molecule has 1 aliphatic rings. The van der Waals surface area contributed by atoms with E-state index in [2.05, 4.69) is 14.9 Å². The van der Waals surface area contributed by atoms with Crippen molar-refractivity contribution in [3.05, 3.63) is 12.1 Å². The highest BCUT2D eigenvalue weighted by atomic mass is 16.5. The van der Waals surface area contributed by atoms with Gasteiger partial charge < -0.3 is 24.8 Å². The summed E-state index contributed by atoms with van der Waals surface area (Å²) in [5, 5.41) is 0.769. The van der Waals surface area contributed by atoms with E-state index in [0.29, 0.717) is 29.2 Å². The van der Waals surface area contributed by atoms with Gasteiger partial charge >= 0.3 is 0 Å². The normalized spacial score (nSPS) is 15.7. The summed E-state index contributed by atoms with van der Waals surface area (Å²) in [7, 11) is 4.95. The molecule has 2 N–H and O–H groups in total. The molecule has 0 saturated carbocycles. The summed E-state index contributed by atoms with van der Waals surface area (Å²) in [6.45, 7) is 2.63. The van der Waals surface area contributed by atoms with E-state index in [1.807, 2.05) is 12.1 Å². The minimum absolute atomic E-state index is 0.454. The van der Waals surface area contributed by atoms with E-state index in [4.69, 9.17) is 19.9 Å². The second kappa shape index (κ2) is 7.09. The number of aromatic nitrogens is 2. The highest BCUT2D eigenvalue weighted by Gasteiger charge is 2.22. The molecule has 3 rings (SSSR count). The Bertz CT molecular complexity index is 715. The van der Waals surface area contributed by atoms with E-state index in [9.17, 15) is 0 Å². The molecule has 1 aliphatic heterocycles. The van der Waals surface area contributed by atoms with Crippen LogP contribution in [0, 0.1) is 5.92 Å². The molecule has 0 unspecified atom stereocenters.